The Labute approximate surface area is 210 Å². The number of hydrogen-bond acceptors (Lipinski definition) is 6. The highest BCUT2D eigenvalue weighted by Gasteiger charge is 2.44. The van der Waals surface area contributed by atoms with Gasteiger partial charge in [0.25, 0.3) is 0 Å². The minimum absolute atomic E-state index is 0.0598. The Morgan fingerprint density at radius 2 is 1.79 bits per heavy atom. The SMILES string of the molecule is Cc1nn(-c2ccc(OC(F)(F)C(F)F)cc2)c(=O)n1[C@H](C)[C@](O)(Cn1cncn1)c1ccc(F)cc1F. The Bertz CT molecular complexity index is 1470. The van der Waals surface area contributed by atoms with Gasteiger partial charge in [0.2, 0.25) is 0 Å². The molecule has 4 aromatic rings. The monoisotopic (exact) mass is 542 g/mol. The van der Waals surface area contributed by atoms with Crippen LogP contribution in [0.4, 0.5) is 26.3 Å². The van der Waals surface area contributed by atoms with Crippen molar-refractivity contribution >= 4 is 0 Å². The van der Waals surface area contributed by atoms with Crippen molar-refractivity contribution in [2.75, 3.05) is 0 Å². The molecule has 0 saturated heterocycles. The number of nitrogens with zero attached hydrogens (tertiary/aromatic N) is 6. The quantitative estimate of drug-likeness (QED) is 0.325. The predicted octanol–water partition coefficient (Wildman–Crippen LogP) is 3.60. The first-order chi connectivity index (χ1) is 17.8. The van der Waals surface area contributed by atoms with E-state index in [4.69, 9.17) is 0 Å². The van der Waals surface area contributed by atoms with E-state index in [1.165, 1.54) is 31.2 Å². The van der Waals surface area contributed by atoms with Crippen LogP contribution in [0, 0.1) is 18.6 Å². The summed E-state index contributed by atoms with van der Waals surface area (Å²) < 4.78 is 86.8. The van der Waals surface area contributed by atoms with E-state index < -0.39 is 47.3 Å². The number of aryl methyl sites for hydroxylation is 1. The zero-order valence-electron chi connectivity index (χ0n) is 19.8. The van der Waals surface area contributed by atoms with Gasteiger partial charge in [-0.15, -0.1) is 0 Å². The van der Waals surface area contributed by atoms with Crippen molar-refractivity contribution in [1.29, 1.82) is 0 Å². The average molecular weight is 542 g/mol. The van der Waals surface area contributed by atoms with Crippen LogP contribution in [0.5, 0.6) is 5.75 Å². The molecule has 202 valence electrons. The third-order valence-electron chi connectivity index (χ3n) is 5.92. The number of aromatic nitrogens is 6. The van der Waals surface area contributed by atoms with Gasteiger partial charge in [-0.3, -0.25) is 4.57 Å². The number of benzene rings is 2. The molecule has 0 fully saturated rings. The smallest absolute Gasteiger partial charge is 0.428 e. The van der Waals surface area contributed by atoms with Crippen molar-refractivity contribution in [2.24, 2.45) is 0 Å². The van der Waals surface area contributed by atoms with Crippen molar-refractivity contribution in [1.82, 2.24) is 29.1 Å². The molecule has 0 aliphatic heterocycles. The summed E-state index contributed by atoms with van der Waals surface area (Å²) in [6.07, 6.45) is -6.31. The fraction of sp³-hybridized carbons (Fsp3) is 0.304. The molecule has 38 heavy (non-hydrogen) atoms. The number of rotatable bonds is 9. The van der Waals surface area contributed by atoms with E-state index in [2.05, 4.69) is 19.9 Å². The van der Waals surface area contributed by atoms with E-state index in [1.807, 2.05) is 0 Å². The molecule has 1 N–H and O–H groups in total. The molecule has 0 saturated carbocycles. The van der Waals surface area contributed by atoms with Crippen LogP contribution in [0.3, 0.4) is 0 Å². The minimum Gasteiger partial charge on any atom is -0.428 e. The summed E-state index contributed by atoms with van der Waals surface area (Å²) in [4.78, 5) is 17.2. The van der Waals surface area contributed by atoms with Gasteiger partial charge in [-0.1, -0.05) is 6.07 Å². The van der Waals surface area contributed by atoms with Gasteiger partial charge in [0.1, 0.15) is 41.5 Å². The standard InChI is InChI=1S/C23H20F6N6O3/c1-13(22(37,10-33-12-30-11-31-33)18-8-3-15(24)9-19(18)25)34-14(2)32-35(21(34)36)16-4-6-17(7-5-16)38-23(28,29)20(26)27/h3-9,11-13,20,37H,10H2,1-2H3/t13-,22-/m1/s1. The number of halogens is 6. The van der Waals surface area contributed by atoms with Gasteiger partial charge < -0.3 is 9.84 Å². The summed E-state index contributed by atoms with van der Waals surface area (Å²) >= 11 is 0. The minimum atomic E-state index is -4.71. The molecule has 4 rings (SSSR count). The number of alkyl halides is 4. The van der Waals surface area contributed by atoms with Crippen LogP contribution in [0.1, 0.15) is 24.4 Å². The van der Waals surface area contributed by atoms with Gasteiger partial charge in [0, 0.05) is 11.6 Å². The van der Waals surface area contributed by atoms with Crippen molar-refractivity contribution in [2.45, 2.75) is 44.6 Å². The van der Waals surface area contributed by atoms with Gasteiger partial charge in [0.05, 0.1) is 18.3 Å². The fourth-order valence-corrected chi connectivity index (χ4v) is 4.01. The molecule has 0 bridgehead atoms. The first-order valence-electron chi connectivity index (χ1n) is 11.0. The normalized spacial score (nSPS) is 14.5. The molecule has 2 aromatic carbocycles. The Morgan fingerprint density at radius 1 is 1.11 bits per heavy atom. The summed E-state index contributed by atoms with van der Waals surface area (Å²) in [5, 5.41) is 19.8. The molecule has 9 nitrogen and oxygen atoms in total. The Hall–Kier alpha value is -4.14. The van der Waals surface area contributed by atoms with Crippen LogP contribution < -0.4 is 10.4 Å². The van der Waals surface area contributed by atoms with E-state index >= 15 is 0 Å². The summed E-state index contributed by atoms with van der Waals surface area (Å²) in [7, 11) is 0. The lowest BCUT2D eigenvalue weighted by Crippen LogP contribution is -2.44. The Balaban J connectivity index is 1.74. The fourth-order valence-electron chi connectivity index (χ4n) is 4.01. The summed E-state index contributed by atoms with van der Waals surface area (Å²) in [6.45, 7) is 2.48. The maximum absolute atomic E-state index is 14.9. The highest BCUT2D eigenvalue weighted by molar-refractivity contribution is 5.37. The third kappa shape index (κ3) is 5.01. The van der Waals surface area contributed by atoms with Crippen molar-refractivity contribution < 1.29 is 36.2 Å². The molecular formula is C23H20F6N6O3. The molecule has 0 unspecified atom stereocenters. The molecule has 2 aromatic heterocycles. The topological polar surface area (TPSA) is 100.0 Å². The Kier molecular flexibility index (Phi) is 7.06. The van der Waals surface area contributed by atoms with E-state index in [0.717, 1.165) is 45.6 Å². The third-order valence-corrected chi connectivity index (χ3v) is 5.92. The summed E-state index contributed by atoms with van der Waals surface area (Å²) in [6, 6.07) is 5.57. The van der Waals surface area contributed by atoms with Crippen LogP contribution in [0.15, 0.2) is 59.9 Å². The van der Waals surface area contributed by atoms with Gasteiger partial charge >= 0.3 is 18.2 Å². The number of aliphatic hydroxyl groups is 1. The molecule has 0 radical (unpaired) electrons. The Morgan fingerprint density at radius 3 is 2.37 bits per heavy atom. The lowest BCUT2D eigenvalue weighted by molar-refractivity contribution is -0.253. The summed E-state index contributed by atoms with van der Waals surface area (Å²) in [5.74, 6) is -2.44. The predicted molar refractivity (Wildman–Crippen MR) is 119 cm³/mol. The van der Waals surface area contributed by atoms with Gasteiger partial charge in [0.15, 0.2) is 0 Å². The van der Waals surface area contributed by atoms with Crippen LogP contribution in [-0.2, 0) is 12.1 Å². The second-order valence-electron chi connectivity index (χ2n) is 8.39. The first kappa shape index (κ1) is 26.9. The molecule has 0 aliphatic rings. The largest absolute Gasteiger partial charge is 0.461 e. The lowest BCUT2D eigenvalue weighted by Gasteiger charge is -2.35. The number of hydrogen-bond donors (Lipinski definition) is 1. The van der Waals surface area contributed by atoms with Crippen molar-refractivity contribution in [3.63, 3.8) is 0 Å². The van der Waals surface area contributed by atoms with E-state index in [1.54, 1.807) is 0 Å². The zero-order valence-corrected chi connectivity index (χ0v) is 19.8. The number of ether oxygens (including phenoxy) is 1. The van der Waals surface area contributed by atoms with Gasteiger partial charge in [-0.25, -0.2) is 23.2 Å². The molecular weight excluding hydrogens is 522 g/mol. The van der Waals surface area contributed by atoms with E-state index in [0.29, 0.717) is 6.07 Å². The van der Waals surface area contributed by atoms with Crippen LogP contribution in [0.2, 0.25) is 0 Å². The van der Waals surface area contributed by atoms with Gasteiger partial charge in [-0.05, 0) is 44.2 Å². The van der Waals surface area contributed by atoms with Crippen molar-refractivity contribution in [3.05, 3.63) is 88.6 Å². The maximum Gasteiger partial charge on any atom is 0.461 e. The second kappa shape index (κ2) is 9.96. The van der Waals surface area contributed by atoms with Crippen LogP contribution in [0.25, 0.3) is 5.69 Å². The molecule has 2 atom stereocenters. The molecule has 0 amide bonds. The zero-order chi connectivity index (χ0) is 27.8. The highest BCUT2D eigenvalue weighted by Crippen LogP contribution is 2.36. The molecule has 0 spiro atoms. The van der Waals surface area contributed by atoms with E-state index in [-0.39, 0.29) is 23.6 Å². The molecule has 0 aliphatic carbocycles. The first-order valence-corrected chi connectivity index (χ1v) is 11.0. The maximum atomic E-state index is 14.9. The second-order valence-corrected chi connectivity index (χ2v) is 8.39. The van der Waals surface area contributed by atoms with E-state index in [9.17, 15) is 36.2 Å². The lowest BCUT2D eigenvalue weighted by atomic mass is 9.86. The van der Waals surface area contributed by atoms with Crippen molar-refractivity contribution in [3.8, 4) is 11.4 Å². The average Bonchev–Trinajstić information content (AvgIpc) is 3.45. The molecule has 15 heteroatoms. The molecule has 2 heterocycles. The highest BCUT2D eigenvalue weighted by atomic mass is 19.3. The van der Waals surface area contributed by atoms with Gasteiger partial charge in [-0.2, -0.15) is 32.4 Å². The summed E-state index contributed by atoms with van der Waals surface area (Å²) in [5.41, 5.74) is -3.22. The van der Waals surface area contributed by atoms with Crippen LogP contribution >= 0.6 is 0 Å². The van der Waals surface area contributed by atoms with Crippen LogP contribution in [-0.4, -0.2) is 46.8 Å².